The van der Waals surface area contributed by atoms with E-state index in [9.17, 15) is 47.9 Å². The van der Waals surface area contributed by atoms with Crippen LogP contribution < -0.4 is 21.3 Å². The number of unbranched alkanes of at least 4 members (excludes halogenated alkanes) is 9. The van der Waals surface area contributed by atoms with Crippen molar-refractivity contribution in [3.05, 3.63) is 23.9 Å². The lowest BCUT2D eigenvalue weighted by Crippen LogP contribution is -2.40. The third kappa shape index (κ3) is 24.2. The third-order valence-corrected chi connectivity index (χ3v) is 10.3. The predicted molar refractivity (Wildman–Crippen MR) is 230 cm³/mol. The van der Waals surface area contributed by atoms with E-state index in [4.69, 9.17) is 4.84 Å². The number of pyridine rings is 1. The molecule has 17 heteroatoms. The Kier molecular flexibility index (Phi) is 26.8. The van der Waals surface area contributed by atoms with Gasteiger partial charge in [-0.2, -0.15) is 0 Å². The molecule has 344 valence electrons. The summed E-state index contributed by atoms with van der Waals surface area (Å²) in [6, 6.07) is 2.66. The first-order valence-corrected chi connectivity index (χ1v) is 22.4. The Morgan fingerprint density at radius 1 is 0.661 bits per heavy atom. The number of Topliss-reactive ketones (excluding diaryl/α,β-unsaturated/α-hetero) is 4. The second kappa shape index (κ2) is 31.5. The van der Waals surface area contributed by atoms with Gasteiger partial charge in [-0.25, -0.2) is 9.78 Å². The summed E-state index contributed by atoms with van der Waals surface area (Å²) in [5.74, 6) is -1.71. The summed E-state index contributed by atoms with van der Waals surface area (Å²) in [5.41, 5.74) is 0.437. The van der Waals surface area contributed by atoms with E-state index < -0.39 is 23.8 Å². The number of carbonyl (C=O) groups excluding carboxylic acids is 10. The zero-order chi connectivity index (χ0) is 45.5. The van der Waals surface area contributed by atoms with Crippen LogP contribution in [0, 0.1) is 0 Å². The monoisotopic (exact) mass is 868 g/mol. The first kappa shape index (κ1) is 52.8. The minimum absolute atomic E-state index is 0.0102. The Labute approximate surface area is 365 Å². The zero-order valence-corrected chi connectivity index (χ0v) is 36.8. The number of hydrogen-bond acceptors (Lipinski definition) is 13. The summed E-state index contributed by atoms with van der Waals surface area (Å²) in [6.45, 7) is 4.36. The van der Waals surface area contributed by atoms with E-state index in [1.165, 1.54) is 13.1 Å². The van der Waals surface area contributed by atoms with Crippen LogP contribution in [0.15, 0.2) is 18.3 Å². The van der Waals surface area contributed by atoms with Crippen molar-refractivity contribution in [2.75, 3.05) is 25.0 Å². The van der Waals surface area contributed by atoms with Gasteiger partial charge in [0.1, 0.15) is 23.2 Å². The molecule has 1 aromatic rings. The van der Waals surface area contributed by atoms with Crippen LogP contribution in [0.25, 0.3) is 0 Å². The van der Waals surface area contributed by atoms with Crippen LogP contribution in [0.1, 0.15) is 178 Å². The molecule has 1 fully saturated rings. The van der Waals surface area contributed by atoms with Gasteiger partial charge in [-0.1, -0.05) is 39.0 Å². The van der Waals surface area contributed by atoms with Crippen molar-refractivity contribution in [3.8, 4) is 0 Å². The molecule has 17 nitrogen and oxygen atoms in total. The number of hydrogen-bond donors (Lipinski definition) is 4. The Hall–Kier alpha value is -5.35. The fourth-order valence-electron chi connectivity index (χ4n) is 6.61. The summed E-state index contributed by atoms with van der Waals surface area (Å²) < 4.78 is 0. The number of carbonyl (C=O) groups is 10. The molecule has 5 amide bonds. The molecule has 0 spiro atoms. The molecule has 0 aliphatic carbocycles. The van der Waals surface area contributed by atoms with Crippen LogP contribution in [-0.4, -0.2) is 94.4 Å². The molecule has 4 N–H and O–H groups in total. The molecule has 0 saturated carbocycles. The molecular weight excluding hydrogens is 801 g/mol. The summed E-state index contributed by atoms with van der Waals surface area (Å²) in [4.78, 5) is 129. The van der Waals surface area contributed by atoms with E-state index in [0.29, 0.717) is 100 Å². The third-order valence-electron chi connectivity index (χ3n) is 10.3. The Morgan fingerprint density at radius 2 is 1.23 bits per heavy atom. The number of imide groups is 1. The van der Waals surface area contributed by atoms with E-state index in [1.807, 2.05) is 0 Å². The van der Waals surface area contributed by atoms with E-state index in [0.717, 1.165) is 44.9 Å². The van der Waals surface area contributed by atoms with Gasteiger partial charge in [0.15, 0.2) is 5.78 Å². The number of aromatic nitrogens is 1. The number of hydroxylamine groups is 2. The highest BCUT2D eigenvalue weighted by Gasteiger charge is 2.32. The lowest BCUT2D eigenvalue weighted by atomic mass is 10.0. The van der Waals surface area contributed by atoms with Gasteiger partial charge in [0.25, 0.3) is 17.7 Å². The SMILES string of the molecule is CCC(=O)[C@H](CCCCNC(=O)CCCCCCC(=O)CCCCCNC(=O)c1ccc(NCC(C)=O)nc1)NC(=O)CCC(=O)CCCCCCC(=O)ON1C(=O)CCC1=O. The standard InChI is InChI=1S/C45H68N6O11/c1-3-38(55)37(50-41(57)26-24-36(54)19-10-5-7-13-22-44(60)62-51-42(58)27-28-43(51)59)20-14-16-29-46-40(56)21-12-6-4-9-17-35(53)18-11-8-15-30-47-45(61)34-23-25-39(49-32-34)48-31-33(2)52/h23,25,32,37H,3-22,24,26-31H2,1-2H3,(H,46,56)(H,47,61)(H,48,49)(H,50,57)/t37-/m0/s1. The molecule has 1 atom stereocenters. The molecular formula is C45H68N6O11. The molecule has 2 rings (SSSR count). The Bertz CT molecular complexity index is 1630. The van der Waals surface area contributed by atoms with Gasteiger partial charge in [0.2, 0.25) is 11.8 Å². The number of ketones is 4. The van der Waals surface area contributed by atoms with E-state index in [-0.39, 0.29) is 85.9 Å². The van der Waals surface area contributed by atoms with Crippen molar-refractivity contribution in [1.82, 2.24) is 26.0 Å². The second-order valence-electron chi connectivity index (χ2n) is 15.8. The van der Waals surface area contributed by atoms with Crippen molar-refractivity contribution >= 4 is 64.5 Å². The highest BCUT2D eigenvalue weighted by Crippen LogP contribution is 2.15. The molecule has 0 aromatic carbocycles. The summed E-state index contributed by atoms with van der Waals surface area (Å²) in [6.07, 6.45) is 13.5. The lowest BCUT2D eigenvalue weighted by molar-refractivity contribution is -0.197. The number of anilines is 1. The topological polar surface area (TPSA) is 244 Å². The quantitative estimate of drug-likeness (QED) is 0.0493. The van der Waals surface area contributed by atoms with E-state index >= 15 is 0 Å². The summed E-state index contributed by atoms with van der Waals surface area (Å²) >= 11 is 0. The maximum Gasteiger partial charge on any atom is 0.333 e. The number of rotatable bonds is 36. The lowest BCUT2D eigenvalue weighted by Gasteiger charge is -2.17. The average molecular weight is 869 g/mol. The fourth-order valence-corrected chi connectivity index (χ4v) is 6.61. The van der Waals surface area contributed by atoms with Crippen LogP contribution in [-0.2, 0) is 48.0 Å². The van der Waals surface area contributed by atoms with Crippen molar-refractivity contribution in [2.45, 2.75) is 174 Å². The first-order chi connectivity index (χ1) is 29.8. The second-order valence-corrected chi connectivity index (χ2v) is 15.8. The van der Waals surface area contributed by atoms with Gasteiger partial charge in [-0.05, 0) is 76.8 Å². The van der Waals surface area contributed by atoms with Gasteiger partial charge >= 0.3 is 5.97 Å². The molecule has 1 aromatic heterocycles. The molecule has 2 heterocycles. The highest BCUT2D eigenvalue weighted by molar-refractivity contribution is 6.01. The smallest absolute Gasteiger partial charge is 0.333 e. The van der Waals surface area contributed by atoms with Crippen LogP contribution in [0.5, 0.6) is 0 Å². The minimum Gasteiger partial charge on any atom is -0.363 e. The van der Waals surface area contributed by atoms with Crippen molar-refractivity contribution in [1.29, 1.82) is 0 Å². The summed E-state index contributed by atoms with van der Waals surface area (Å²) in [7, 11) is 0. The number of nitrogens with zero attached hydrogens (tertiary/aromatic N) is 2. The van der Waals surface area contributed by atoms with E-state index in [2.05, 4.69) is 26.3 Å². The van der Waals surface area contributed by atoms with Gasteiger partial charge in [-0.15, -0.1) is 5.06 Å². The van der Waals surface area contributed by atoms with Crippen molar-refractivity contribution < 1.29 is 52.8 Å². The minimum atomic E-state index is -0.646. The van der Waals surface area contributed by atoms with Crippen molar-refractivity contribution in [3.63, 3.8) is 0 Å². The maximum atomic E-state index is 12.6. The van der Waals surface area contributed by atoms with Crippen LogP contribution in [0.2, 0.25) is 0 Å². The first-order valence-electron chi connectivity index (χ1n) is 22.4. The molecule has 0 bridgehead atoms. The molecule has 1 aliphatic rings. The van der Waals surface area contributed by atoms with Gasteiger partial charge in [0.05, 0.1) is 18.2 Å². The maximum absolute atomic E-state index is 12.6. The highest BCUT2D eigenvalue weighted by atomic mass is 16.7. The molecule has 0 radical (unpaired) electrons. The van der Waals surface area contributed by atoms with Gasteiger partial charge in [-0.3, -0.25) is 43.2 Å². The molecule has 1 saturated heterocycles. The van der Waals surface area contributed by atoms with Gasteiger partial charge in [0, 0.05) is 83.5 Å². The number of nitrogens with one attached hydrogen (secondary N) is 4. The largest absolute Gasteiger partial charge is 0.363 e. The fraction of sp³-hybridized carbons (Fsp3) is 0.667. The molecule has 0 unspecified atom stereocenters. The number of amides is 5. The van der Waals surface area contributed by atoms with Crippen LogP contribution in [0.4, 0.5) is 5.82 Å². The van der Waals surface area contributed by atoms with Crippen molar-refractivity contribution in [2.24, 2.45) is 0 Å². The van der Waals surface area contributed by atoms with Gasteiger partial charge < -0.3 is 26.1 Å². The van der Waals surface area contributed by atoms with Crippen LogP contribution >= 0.6 is 0 Å². The molecule has 62 heavy (non-hydrogen) atoms. The molecule has 1 aliphatic heterocycles. The Morgan fingerprint density at radius 3 is 1.82 bits per heavy atom. The predicted octanol–water partition coefficient (Wildman–Crippen LogP) is 5.33. The normalized spacial score (nSPS) is 12.7. The van der Waals surface area contributed by atoms with E-state index in [1.54, 1.807) is 19.1 Å². The average Bonchev–Trinajstić information content (AvgIpc) is 3.56. The summed E-state index contributed by atoms with van der Waals surface area (Å²) in [5, 5.41) is 11.9. The zero-order valence-electron chi connectivity index (χ0n) is 36.8. The Balaban J connectivity index is 1.42. The van der Waals surface area contributed by atoms with Crippen LogP contribution in [0.3, 0.4) is 0 Å².